The van der Waals surface area contributed by atoms with Crippen LogP contribution in [0.4, 0.5) is 0 Å². The Labute approximate surface area is 128 Å². The first-order valence-electron chi connectivity index (χ1n) is 8.06. The van der Waals surface area contributed by atoms with Crippen LogP contribution < -0.4 is 5.32 Å². The smallest absolute Gasteiger partial charge is 0.108 e. The van der Waals surface area contributed by atoms with E-state index in [1.807, 2.05) is 0 Å². The van der Waals surface area contributed by atoms with Crippen molar-refractivity contribution in [2.24, 2.45) is 0 Å². The number of nitrogens with zero attached hydrogens (tertiary/aromatic N) is 2. The standard InChI is InChI=1S/C16H29N3O2/c1-13(11-21-3)19(8-9-20-2)15-6-7-16(10-15,12-17)18-14-4-5-14/h13-15,18H,4-11H2,1-3H3. The molecular weight excluding hydrogens is 266 g/mol. The monoisotopic (exact) mass is 295 g/mol. The van der Waals surface area contributed by atoms with Gasteiger partial charge in [-0.3, -0.25) is 10.2 Å². The number of ether oxygens (including phenoxy) is 2. The highest BCUT2D eigenvalue weighted by atomic mass is 16.5. The normalized spacial score (nSPS) is 30.5. The van der Waals surface area contributed by atoms with E-state index in [1.54, 1.807) is 14.2 Å². The Morgan fingerprint density at radius 3 is 2.67 bits per heavy atom. The molecule has 0 radical (unpaired) electrons. The van der Waals surface area contributed by atoms with Gasteiger partial charge in [0.15, 0.2) is 0 Å². The molecular formula is C16H29N3O2. The zero-order valence-corrected chi connectivity index (χ0v) is 13.6. The number of nitriles is 1. The molecule has 0 aromatic carbocycles. The number of methoxy groups -OCH3 is 2. The summed E-state index contributed by atoms with van der Waals surface area (Å²) in [5.74, 6) is 0. The van der Waals surface area contributed by atoms with E-state index in [0.717, 1.165) is 39.0 Å². The van der Waals surface area contributed by atoms with Gasteiger partial charge in [-0.1, -0.05) is 0 Å². The molecule has 5 nitrogen and oxygen atoms in total. The van der Waals surface area contributed by atoms with Crippen molar-refractivity contribution in [3.63, 3.8) is 0 Å². The molecule has 3 atom stereocenters. The van der Waals surface area contributed by atoms with Crippen LogP contribution in [0, 0.1) is 11.3 Å². The molecule has 0 bridgehead atoms. The van der Waals surface area contributed by atoms with Gasteiger partial charge in [0.25, 0.3) is 0 Å². The Kier molecular flexibility index (Phi) is 6.00. The topological polar surface area (TPSA) is 57.5 Å². The van der Waals surface area contributed by atoms with Gasteiger partial charge in [0.05, 0.1) is 19.3 Å². The van der Waals surface area contributed by atoms with E-state index >= 15 is 0 Å². The molecule has 2 rings (SSSR count). The predicted molar refractivity (Wildman–Crippen MR) is 82.1 cm³/mol. The van der Waals surface area contributed by atoms with Gasteiger partial charge in [0.1, 0.15) is 5.54 Å². The first-order chi connectivity index (χ1) is 10.1. The second-order valence-corrected chi connectivity index (χ2v) is 6.54. The van der Waals surface area contributed by atoms with Crippen molar-refractivity contribution in [2.75, 3.05) is 34.0 Å². The van der Waals surface area contributed by atoms with Crippen molar-refractivity contribution < 1.29 is 9.47 Å². The zero-order chi connectivity index (χ0) is 15.3. The largest absolute Gasteiger partial charge is 0.383 e. The molecule has 0 aromatic heterocycles. The minimum absolute atomic E-state index is 0.316. The molecule has 0 saturated heterocycles. The third kappa shape index (κ3) is 4.40. The molecule has 0 aliphatic heterocycles. The third-order valence-corrected chi connectivity index (χ3v) is 4.76. The molecule has 5 heteroatoms. The molecule has 120 valence electrons. The molecule has 21 heavy (non-hydrogen) atoms. The Bertz CT molecular complexity index is 367. The van der Waals surface area contributed by atoms with E-state index in [9.17, 15) is 5.26 Å². The molecule has 0 aromatic rings. The number of hydrogen-bond acceptors (Lipinski definition) is 5. The molecule has 3 unspecified atom stereocenters. The van der Waals surface area contributed by atoms with E-state index in [1.165, 1.54) is 12.8 Å². The highest BCUT2D eigenvalue weighted by Gasteiger charge is 2.44. The van der Waals surface area contributed by atoms with Gasteiger partial charge in [-0.15, -0.1) is 0 Å². The van der Waals surface area contributed by atoms with Crippen LogP contribution >= 0.6 is 0 Å². The number of rotatable bonds is 9. The van der Waals surface area contributed by atoms with E-state index in [0.29, 0.717) is 18.1 Å². The Hall–Kier alpha value is -0.670. The van der Waals surface area contributed by atoms with E-state index < -0.39 is 0 Å². The summed E-state index contributed by atoms with van der Waals surface area (Å²) in [5, 5.41) is 13.2. The number of nitrogens with one attached hydrogen (secondary N) is 1. The summed E-state index contributed by atoms with van der Waals surface area (Å²) in [6, 6.07) is 3.93. The summed E-state index contributed by atoms with van der Waals surface area (Å²) in [7, 11) is 3.48. The highest BCUT2D eigenvalue weighted by molar-refractivity contribution is 5.15. The van der Waals surface area contributed by atoms with E-state index in [2.05, 4.69) is 23.2 Å². The van der Waals surface area contributed by atoms with E-state index in [-0.39, 0.29) is 5.54 Å². The van der Waals surface area contributed by atoms with Gasteiger partial charge in [-0.05, 0) is 39.0 Å². The maximum atomic E-state index is 9.63. The first kappa shape index (κ1) is 16.7. The van der Waals surface area contributed by atoms with Crippen molar-refractivity contribution in [3.8, 4) is 6.07 Å². The van der Waals surface area contributed by atoms with Crippen LogP contribution in [0.1, 0.15) is 39.0 Å². The van der Waals surface area contributed by atoms with Gasteiger partial charge in [0.2, 0.25) is 0 Å². The Balaban J connectivity index is 1.98. The van der Waals surface area contributed by atoms with E-state index in [4.69, 9.17) is 9.47 Å². The van der Waals surface area contributed by atoms with Crippen molar-refractivity contribution in [3.05, 3.63) is 0 Å². The van der Waals surface area contributed by atoms with Crippen molar-refractivity contribution in [1.29, 1.82) is 5.26 Å². The van der Waals surface area contributed by atoms with Crippen LogP contribution in [0.25, 0.3) is 0 Å². The van der Waals surface area contributed by atoms with Crippen LogP contribution in [0.5, 0.6) is 0 Å². The van der Waals surface area contributed by atoms with Crippen LogP contribution in [-0.2, 0) is 9.47 Å². The lowest BCUT2D eigenvalue weighted by atomic mass is 9.98. The summed E-state index contributed by atoms with van der Waals surface area (Å²) in [6.07, 6.45) is 5.39. The average Bonchev–Trinajstić information content (AvgIpc) is 3.18. The quantitative estimate of drug-likeness (QED) is 0.699. The van der Waals surface area contributed by atoms with Gasteiger partial charge in [0, 0.05) is 38.9 Å². The fourth-order valence-electron chi connectivity index (χ4n) is 3.48. The first-order valence-corrected chi connectivity index (χ1v) is 8.06. The van der Waals surface area contributed by atoms with Gasteiger partial charge in [-0.25, -0.2) is 0 Å². The summed E-state index contributed by atoms with van der Waals surface area (Å²) in [4.78, 5) is 2.46. The maximum Gasteiger partial charge on any atom is 0.108 e. The second-order valence-electron chi connectivity index (χ2n) is 6.54. The Morgan fingerprint density at radius 1 is 1.33 bits per heavy atom. The minimum Gasteiger partial charge on any atom is -0.383 e. The predicted octanol–water partition coefficient (Wildman–Crippen LogP) is 1.54. The number of hydrogen-bond donors (Lipinski definition) is 1. The molecule has 2 fully saturated rings. The Morgan fingerprint density at radius 2 is 2.10 bits per heavy atom. The third-order valence-electron chi connectivity index (χ3n) is 4.76. The molecule has 1 N–H and O–H groups in total. The molecule has 2 aliphatic carbocycles. The molecule has 2 saturated carbocycles. The van der Waals surface area contributed by atoms with Gasteiger partial charge < -0.3 is 9.47 Å². The summed E-state index contributed by atoms with van der Waals surface area (Å²) in [6.45, 7) is 4.53. The fraction of sp³-hybridized carbons (Fsp3) is 0.938. The second kappa shape index (κ2) is 7.55. The van der Waals surface area contributed by atoms with Crippen LogP contribution in [-0.4, -0.2) is 62.5 Å². The van der Waals surface area contributed by atoms with Crippen molar-refractivity contribution >= 4 is 0 Å². The lowest BCUT2D eigenvalue weighted by Gasteiger charge is -2.35. The van der Waals surface area contributed by atoms with Gasteiger partial charge >= 0.3 is 0 Å². The summed E-state index contributed by atoms with van der Waals surface area (Å²) in [5.41, 5.74) is -0.316. The molecule has 2 aliphatic rings. The fourth-order valence-corrected chi connectivity index (χ4v) is 3.48. The van der Waals surface area contributed by atoms with Crippen molar-refractivity contribution in [1.82, 2.24) is 10.2 Å². The summed E-state index contributed by atoms with van der Waals surface area (Å²) < 4.78 is 10.6. The highest BCUT2D eigenvalue weighted by Crippen LogP contribution is 2.36. The SMILES string of the molecule is COCCN(C(C)COC)C1CCC(C#N)(NC2CC2)C1. The average molecular weight is 295 g/mol. The van der Waals surface area contributed by atoms with Gasteiger partial charge in [-0.2, -0.15) is 5.26 Å². The lowest BCUT2D eigenvalue weighted by molar-refractivity contribution is 0.0471. The molecule has 0 heterocycles. The molecule has 0 amide bonds. The van der Waals surface area contributed by atoms with Crippen LogP contribution in [0.15, 0.2) is 0 Å². The van der Waals surface area contributed by atoms with Crippen molar-refractivity contribution in [2.45, 2.75) is 62.7 Å². The van der Waals surface area contributed by atoms with Crippen LogP contribution in [0.2, 0.25) is 0 Å². The zero-order valence-electron chi connectivity index (χ0n) is 13.6. The lowest BCUT2D eigenvalue weighted by Crippen LogP contribution is -2.48. The maximum absolute atomic E-state index is 9.63. The van der Waals surface area contributed by atoms with Crippen LogP contribution in [0.3, 0.4) is 0 Å². The summed E-state index contributed by atoms with van der Waals surface area (Å²) >= 11 is 0. The minimum atomic E-state index is -0.316. The molecule has 0 spiro atoms.